The minimum absolute atomic E-state index is 0.429. The van der Waals surface area contributed by atoms with Crippen molar-refractivity contribution in [3.05, 3.63) is 42.2 Å². The van der Waals surface area contributed by atoms with Crippen LogP contribution in [0.3, 0.4) is 0 Å². The molecule has 1 aromatic carbocycles. The van der Waals surface area contributed by atoms with Gasteiger partial charge in [0.05, 0.1) is 23.9 Å². The number of nitrogens with zero attached hydrogens (tertiary/aromatic N) is 2. The first-order valence-corrected chi connectivity index (χ1v) is 5.70. The van der Waals surface area contributed by atoms with Crippen molar-refractivity contribution >= 4 is 11.6 Å². The molecule has 0 N–H and O–H groups in total. The average molecular weight is 237 g/mol. The maximum Gasteiger partial charge on any atom is 0.121 e. The fourth-order valence-corrected chi connectivity index (χ4v) is 1.60. The molecule has 84 valence electrons. The molecule has 0 atom stereocenters. The highest BCUT2D eigenvalue weighted by Gasteiger charge is 2.01. The predicted octanol–water partition coefficient (Wildman–Crippen LogP) is 3.01. The Bertz CT molecular complexity index is 468. The number of hydrogen-bond acceptors (Lipinski definition) is 2. The van der Waals surface area contributed by atoms with Gasteiger partial charge in [-0.15, -0.1) is 11.6 Å². The molecule has 0 aliphatic rings. The number of ether oxygens (including phenoxy) is 1. The van der Waals surface area contributed by atoms with Gasteiger partial charge in [0.15, 0.2) is 0 Å². The molecule has 1 aromatic heterocycles. The molecule has 0 fully saturated rings. The molecule has 16 heavy (non-hydrogen) atoms. The highest BCUT2D eigenvalue weighted by atomic mass is 35.5. The van der Waals surface area contributed by atoms with Gasteiger partial charge in [0.1, 0.15) is 5.75 Å². The summed E-state index contributed by atoms with van der Waals surface area (Å²) in [6.45, 7) is 2.63. The maximum absolute atomic E-state index is 5.71. The van der Waals surface area contributed by atoms with E-state index in [1.54, 1.807) is 4.68 Å². The predicted molar refractivity (Wildman–Crippen MR) is 64.3 cm³/mol. The Morgan fingerprint density at radius 3 is 2.94 bits per heavy atom. The summed E-state index contributed by atoms with van der Waals surface area (Å²) < 4.78 is 7.23. The van der Waals surface area contributed by atoms with E-state index in [1.807, 2.05) is 43.5 Å². The van der Waals surface area contributed by atoms with E-state index in [1.165, 1.54) is 0 Å². The van der Waals surface area contributed by atoms with Crippen molar-refractivity contribution in [2.24, 2.45) is 0 Å². The molecule has 0 saturated carbocycles. The van der Waals surface area contributed by atoms with E-state index in [9.17, 15) is 0 Å². The molecule has 1 heterocycles. The summed E-state index contributed by atoms with van der Waals surface area (Å²) in [4.78, 5) is 0. The van der Waals surface area contributed by atoms with Gasteiger partial charge in [-0.05, 0) is 25.1 Å². The van der Waals surface area contributed by atoms with Crippen molar-refractivity contribution in [3.63, 3.8) is 0 Å². The van der Waals surface area contributed by atoms with E-state index in [-0.39, 0.29) is 0 Å². The van der Waals surface area contributed by atoms with Gasteiger partial charge in [0.25, 0.3) is 0 Å². The normalized spacial score (nSPS) is 10.4. The third-order valence-electron chi connectivity index (χ3n) is 2.17. The second kappa shape index (κ2) is 5.03. The number of rotatable bonds is 4. The zero-order valence-electron chi connectivity index (χ0n) is 9.06. The van der Waals surface area contributed by atoms with Crippen molar-refractivity contribution in [2.75, 3.05) is 6.61 Å². The quantitative estimate of drug-likeness (QED) is 0.763. The lowest BCUT2D eigenvalue weighted by molar-refractivity contribution is 0.340. The molecule has 0 aliphatic carbocycles. The monoisotopic (exact) mass is 236 g/mol. The summed E-state index contributed by atoms with van der Waals surface area (Å²) in [5.41, 5.74) is 1.84. The Morgan fingerprint density at radius 2 is 2.25 bits per heavy atom. The van der Waals surface area contributed by atoms with Crippen molar-refractivity contribution in [1.82, 2.24) is 9.78 Å². The molecular formula is C12H13ClN2O. The van der Waals surface area contributed by atoms with E-state index in [4.69, 9.17) is 16.3 Å². The summed E-state index contributed by atoms with van der Waals surface area (Å²) in [7, 11) is 0. The number of alkyl halides is 1. The lowest BCUT2D eigenvalue weighted by Crippen LogP contribution is -1.97. The molecule has 3 nitrogen and oxygen atoms in total. The first-order valence-electron chi connectivity index (χ1n) is 5.17. The van der Waals surface area contributed by atoms with Crippen LogP contribution in [-0.2, 0) is 5.88 Å². The second-order valence-electron chi connectivity index (χ2n) is 3.32. The van der Waals surface area contributed by atoms with Crippen LogP contribution in [0.1, 0.15) is 12.6 Å². The van der Waals surface area contributed by atoms with Crippen LogP contribution in [0.2, 0.25) is 0 Å². The van der Waals surface area contributed by atoms with Crippen LogP contribution < -0.4 is 4.74 Å². The molecule has 2 rings (SSSR count). The van der Waals surface area contributed by atoms with E-state index < -0.39 is 0 Å². The highest BCUT2D eigenvalue weighted by molar-refractivity contribution is 6.16. The van der Waals surface area contributed by atoms with Gasteiger partial charge in [-0.25, -0.2) is 4.68 Å². The van der Waals surface area contributed by atoms with Gasteiger partial charge >= 0.3 is 0 Å². The lowest BCUT2D eigenvalue weighted by Gasteiger charge is -2.05. The molecule has 0 amide bonds. The van der Waals surface area contributed by atoms with Crippen LogP contribution in [0.5, 0.6) is 5.75 Å². The molecule has 0 aliphatic heterocycles. The van der Waals surface area contributed by atoms with Crippen LogP contribution in [0.4, 0.5) is 0 Å². The summed E-state index contributed by atoms with van der Waals surface area (Å²) in [6.07, 6.45) is 1.89. The SMILES string of the molecule is CCOc1cccc(-n2ccc(CCl)n2)c1. The van der Waals surface area contributed by atoms with Crippen LogP contribution in [0.25, 0.3) is 5.69 Å². The summed E-state index contributed by atoms with van der Waals surface area (Å²) in [6, 6.07) is 9.71. The largest absolute Gasteiger partial charge is 0.494 e. The lowest BCUT2D eigenvalue weighted by atomic mass is 10.3. The molecule has 0 spiro atoms. The molecular weight excluding hydrogens is 224 g/mol. The van der Waals surface area contributed by atoms with E-state index in [0.717, 1.165) is 17.1 Å². The standard InChI is InChI=1S/C12H13ClN2O/c1-2-16-12-5-3-4-11(8-12)15-7-6-10(9-13)14-15/h3-8H,2,9H2,1H3. The fraction of sp³-hybridized carbons (Fsp3) is 0.250. The van der Waals surface area contributed by atoms with E-state index >= 15 is 0 Å². The van der Waals surface area contributed by atoms with Crippen molar-refractivity contribution < 1.29 is 4.74 Å². The van der Waals surface area contributed by atoms with E-state index in [0.29, 0.717) is 12.5 Å². The van der Waals surface area contributed by atoms with Crippen LogP contribution >= 0.6 is 11.6 Å². The van der Waals surface area contributed by atoms with Crippen LogP contribution in [0.15, 0.2) is 36.5 Å². The van der Waals surface area contributed by atoms with Gasteiger partial charge in [0.2, 0.25) is 0 Å². The highest BCUT2D eigenvalue weighted by Crippen LogP contribution is 2.16. The summed E-state index contributed by atoms with van der Waals surface area (Å²) in [5, 5.41) is 4.33. The Balaban J connectivity index is 2.28. The molecule has 0 bridgehead atoms. The topological polar surface area (TPSA) is 27.1 Å². The number of halogens is 1. The Kier molecular flexibility index (Phi) is 3.47. The van der Waals surface area contributed by atoms with E-state index in [2.05, 4.69) is 5.10 Å². The minimum atomic E-state index is 0.429. The number of aromatic nitrogens is 2. The Morgan fingerprint density at radius 1 is 1.38 bits per heavy atom. The maximum atomic E-state index is 5.71. The molecule has 0 unspecified atom stereocenters. The van der Waals surface area contributed by atoms with Crippen LogP contribution in [-0.4, -0.2) is 16.4 Å². The van der Waals surface area contributed by atoms with Crippen LogP contribution in [0, 0.1) is 0 Å². The van der Waals surface area contributed by atoms with Crippen molar-refractivity contribution in [1.29, 1.82) is 0 Å². The van der Waals surface area contributed by atoms with Crippen molar-refractivity contribution in [3.8, 4) is 11.4 Å². The van der Waals surface area contributed by atoms with Gasteiger partial charge in [-0.1, -0.05) is 6.07 Å². The zero-order chi connectivity index (χ0) is 11.4. The minimum Gasteiger partial charge on any atom is -0.494 e. The summed E-state index contributed by atoms with van der Waals surface area (Å²) in [5.74, 6) is 1.28. The zero-order valence-corrected chi connectivity index (χ0v) is 9.81. The smallest absolute Gasteiger partial charge is 0.121 e. The average Bonchev–Trinajstić information content (AvgIpc) is 2.78. The van der Waals surface area contributed by atoms with Gasteiger partial charge in [-0.3, -0.25) is 0 Å². The van der Waals surface area contributed by atoms with Gasteiger partial charge < -0.3 is 4.74 Å². The molecule has 0 radical (unpaired) electrons. The van der Waals surface area contributed by atoms with Gasteiger partial charge in [-0.2, -0.15) is 5.10 Å². The Hall–Kier alpha value is -1.48. The summed E-state index contributed by atoms with van der Waals surface area (Å²) >= 11 is 5.71. The first kappa shape index (κ1) is 11.0. The van der Waals surface area contributed by atoms with Crippen molar-refractivity contribution in [2.45, 2.75) is 12.8 Å². The second-order valence-corrected chi connectivity index (χ2v) is 3.58. The third-order valence-corrected chi connectivity index (χ3v) is 2.45. The number of benzene rings is 1. The fourth-order valence-electron chi connectivity index (χ4n) is 1.46. The Labute approximate surface area is 99.6 Å². The molecule has 2 aromatic rings. The number of hydrogen-bond donors (Lipinski definition) is 0. The first-order chi connectivity index (χ1) is 7.83. The molecule has 4 heteroatoms. The molecule has 0 saturated heterocycles. The third kappa shape index (κ3) is 2.36. The van der Waals surface area contributed by atoms with Gasteiger partial charge in [0, 0.05) is 12.3 Å².